The number of hydrogen-bond acceptors (Lipinski definition) is 4. The van der Waals surface area contributed by atoms with Gasteiger partial charge in [-0.1, -0.05) is 0 Å². The van der Waals surface area contributed by atoms with Gasteiger partial charge in [0.05, 0.1) is 0 Å². The number of benzene rings is 1. The largest absolute Gasteiger partial charge is 0.482 e. The van der Waals surface area contributed by atoms with Crippen molar-refractivity contribution in [1.29, 1.82) is 0 Å². The Labute approximate surface area is 122 Å². The summed E-state index contributed by atoms with van der Waals surface area (Å²) >= 11 is 3.10. The molecule has 0 radical (unpaired) electrons. The van der Waals surface area contributed by atoms with Crippen LogP contribution in [0.3, 0.4) is 0 Å². The van der Waals surface area contributed by atoms with Gasteiger partial charge in [-0.3, -0.25) is 5.10 Å². The number of aromatic amines is 1. The third-order valence-corrected chi connectivity index (χ3v) is 2.87. The second-order valence-electron chi connectivity index (χ2n) is 4.07. The quantitative estimate of drug-likeness (QED) is 0.842. The summed E-state index contributed by atoms with van der Waals surface area (Å²) in [7, 11) is 0. The molecule has 2 aromatic rings. The predicted octanol–water partition coefficient (Wildman–Crippen LogP) is 2.74. The van der Waals surface area contributed by atoms with Gasteiger partial charge in [0.1, 0.15) is 17.4 Å². The molecule has 0 bridgehead atoms. The number of aliphatic hydroxyl groups is 1. The van der Waals surface area contributed by atoms with Gasteiger partial charge >= 0.3 is 0 Å². The van der Waals surface area contributed by atoms with Crippen LogP contribution >= 0.6 is 15.9 Å². The summed E-state index contributed by atoms with van der Waals surface area (Å²) in [5.74, 6) is -0.979. The van der Waals surface area contributed by atoms with Crippen molar-refractivity contribution in [2.24, 2.45) is 0 Å². The highest BCUT2D eigenvalue weighted by atomic mass is 79.9. The standard InChI is InChI=1S/C12H12BrF2N3O2/c13-12-16-11(17-18-12)10(2-1-3-19)20-9-5-7(14)4-8(15)6-9/h4-6,10,19H,1-3H2,(H,16,17,18). The van der Waals surface area contributed by atoms with Gasteiger partial charge < -0.3 is 9.84 Å². The fourth-order valence-electron chi connectivity index (χ4n) is 1.69. The van der Waals surface area contributed by atoms with E-state index in [-0.39, 0.29) is 12.4 Å². The molecule has 0 fully saturated rings. The van der Waals surface area contributed by atoms with Crippen molar-refractivity contribution in [3.8, 4) is 5.75 Å². The van der Waals surface area contributed by atoms with Gasteiger partial charge in [0, 0.05) is 24.8 Å². The number of H-pyrrole nitrogens is 1. The van der Waals surface area contributed by atoms with Crippen molar-refractivity contribution in [2.75, 3.05) is 6.61 Å². The topological polar surface area (TPSA) is 71.0 Å². The normalized spacial score (nSPS) is 12.4. The van der Waals surface area contributed by atoms with E-state index in [0.717, 1.165) is 18.2 Å². The van der Waals surface area contributed by atoms with E-state index in [9.17, 15) is 8.78 Å². The molecule has 0 spiro atoms. The van der Waals surface area contributed by atoms with E-state index in [1.54, 1.807) is 0 Å². The number of halogens is 3. The summed E-state index contributed by atoms with van der Waals surface area (Å²) in [5.41, 5.74) is 0. The minimum absolute atomic E-state index is 0.0212. The number of nitrogens with one attached hydrogen (secondary N) is 1. The Morgan fingerprint density at radius 2 is 2.00 bits per heavy atom. The molecule has 20 heavy (non-hydrogen) atoms. The van der Waals surface area contributed by atoms with E-state index in [0.29, 0.717) is 23.4 Å². The SMILES string of the molecule is OCCCC(Oc1cc(F)cc(F)c1)c1nc(Br)n[nH]1. The number of rotatable bonds is 6. The molecule has 1 aromatic heterocycles. The van der Waals surface area contributed by atoms with Crippen LogP contribution in [0.15, 0.2) is 22.9 Å². The van der Waals surface area contributed by atoms with E-state index in [1.165, 1.54) is 0 Å². The molecule has 108 valence electrons. The maximum atomic E-state index is 13.1. The Kier molecular flexibility index (Phi) is 5.02. The summed E-state index contributed by atoms with van der Waals surface area (Å²) in [6, 6.07) is 2.93. The van der Waals surface area contributed by atoms with E-state index >= 15 is 0 Å². The lowest BCUT2D eigenvalue weighted by molar-refractivity contribution is 0.166. The van der Waals surface area contributed by atoms with Crippen LogP contribution in [0.1, 0.15) is 24.8 Å². The highest BCUT2D eigenvalue weighted by molar-refractivity contribution is 9.10. The van der Waals surface area contributed by atoms with Crippen LogP contribution in [0.5, 0.6) is 5.75 Å². The van der Waals surface area contributed by atoms with Crippen molar-refractivity contribution >= 4 is 15.9 Å². The highest BCUT2D eigenvalue weighted by Crippen LogP contribution is 2.25. The van der Waals surface area contributed by atoms with Gasteiger partial charge in [-0.05, 0) is 28.8 Å². The van der Waals surface area contributed by atoms with Crippen LogP contribution in [-0.4, -0.2) is 26.9 Å². The Balaban J connectivity index is 2.18. The van der Waals surface area contributed by atoms with E-state index in [1.807, 2.05) is 0 Å². The smallest absolute Gasteiger partial charge is 0.217 e. The van der Waals surface area contributed by atoms with Gasteiger partial charge in [-0.25, -0.2) is 13.8 Å². The fourth-order valence-corrected chi connectivity index (χ4v) is 1.97. The zero-order valence-corrected chi connectivity index (χ0v) is 11.9. The molecular weight excluding hydrogens is 336 g/mol. The molecule has 5 nitrogen and oxygen atoms in total. The lowest BCUT2D eigenvalue weighted by Crippen LogP contribution is -2.11. The van der Waals surface area contributed by atoms with Crippen LogP contribution in [-0.2, 0) is 0 Å². The summed E-state index contributed by atoms with van der Waals surface area (Å²) < 4.78 is 32.2. The van der Waals surface area contributed by atoms with Crippen molar-refractivity contribution in [3.63, 3.8) is 0 Å². The molecule has 0 amide bonds. The van der Waals surface area contributed by atoms with E-state index < -0.39 is 17.7 Å². The summed E-state index contributed by atoms with van der Waals surface area (Å²) in [6.45, 7) is -0.0212. The van der Waals surface area contributed by atoms with E-state index in [4.69, 9.17) is 9.84 Å². The first kappa shape index (κ1) is 14.9. The van der Waals surface area contributed by atoms with Crippen LogP contribution in [0.2, 0.25) is 0 Å². The third kappa shape index (κ3) is 3.97. The van der Waals surface area contributed by atoms with Crippen molar-refractivity contribution in [3.05, 3.63) is 40.4 Å². The average Bonchev–Trinajstić information content (AvgIpc) is 2.80. The molecule has 0 saturated heterocycles. The number of aliphatic hydroxyl groups excluding tert-OH is 1. The van der Waals surface area contributed by atoms with Crippen LogP contribution < -0.4 is 4.74 Å². The molecule has 0 saturated carbocycles. The van der Waals surface area contributed by atoms with Gasteiger partial charge in [0.2, 0.25) is 4.73 Å². The molecule has 1 atom stereocenters. The lowest BCUT2D eigenvalue weighted by Gasteiger charge is -2.16. The van der Waals surface area contributed by atoms with Crippen LogP contribution in [0.25, 0.3) is 0 Å². The second kappa shape index (κ2) is 6.76. The number of hydrogen-bond donors (Lipinski definition) is 2. The minimum Gasteiger partial charge on any atom is -0.482 e. The molecule has 8 heteroatoms. The predicted molar refractivity (Wildman–Crippen MR) is 70.1 cm³/mol. The molecule has 0 aliphatic carbocycles. The maximum absolute atomic E-state index is 13.1. The van der Waals surface area contributed by atoms with Crippen molar-refractivity contribution in [1.82, 2.24) is 15.2 Å². The second-order valence-corrected chi connectivity index (χ2v) is 4.78. The van der Waals surface area contributed by atoms with E-state index in [2.05, 4.69) is 31.1 Å². The van der Waals surface area contributed by atoms with Gasteiger partial charge in [0.15, 0.2) is 11.9 Å². The number of aromatic nitrogens is 3. The van der Waals surface area contributed by atoms with Gasteiger partial charge in [-0.15, -0.1) is 5.10 Å². The average molecular weight is 348 g/mol. The monoisotopic (exact) mass is 347 g/mol. The zero-order chi connectivity index (χ0) is 14.5. The Hall–Kier alpha value is -1.54. The third-order valence-electron chi connectivity index (χ3n) is 2.52. The van der Waals surface area contributed by atoms with Gasteiger partial charge in [0.25, 0.3) is 0 Å². The first-order valence-corrected chi connectivity index (χ1v) is 6.69. The lowest BCUT2D eigenvalue weighted by atomic mass is 10.2. The first-order valence-electron chi connectivity index (χ1n) is 5.90. The number of nitrogens with zero attached hydrogens (tertiary/aromatic N) is 2. The fraction of sp³-hybridized carbons (Fsp3) is 0.333. The van der Waals surface area contributed by atoms with Crippen LogP contribution in [0, 0.1) is 11.6 Å². The van der Waals surface area contributed by atoms with Gasteiger partial charge in [-0.2, -0.15) is 0 Å². The summed E-state index contributed by atoms with van der Waals surface area (Å²) in [5, 5.41) is 15.4. The van der Waals surface area contributed by atoms with Crippen LogP contribution in [0.4, 0.5) is 8.78 Å². The molecule has 2 N–H and O–H groups in total. The molecule has 0 aliphatic heterocycles. The molecule has 0 aliphatic rings. The van der Waals surface area contributed by atoms with Crippen molar-refractivity contribution in [2.45, 2.75) is 18.9 Å². The summed E-state index contributed by atoms with van der Waals surface area (Å²) in [6.07, 6.45) is 0.305. The zero-order valence-electron chi connectivity index (χ0n) is 10.3. The highest BCUT2D eigenvalue weighted by Gasteiger charge is 2.18. The minimum atomic E-state index is -0.723. The molecule has 1 heterocycles. The molecule has 1 unspecified atom stereocenters. The molecule has 2 rings (SSSR count). The molecule has 1 aromatic carbocycles. The number of ether oxygens (including phenoxy) is 1. The van der Waals surface area contributed by atoms with Crippen molar-refractivity contribution < 1.29 is 18.6 Å². The summed E-state index contributed by atoms with van der Waals surface area (Å²) in [4.78, 5) is 4.06. The maximum Gasteiger partial charge on any atom is 0.217 e. The Morgan fingerprint density at radius 1 is 1.30 bits per heavy atom. The Bertz CT molecular complexity index is 559. The molecular formula is C12H12BrF2N3O2. The first-order chi connectivity index (χ1) is 9.58. The Morgan fingerprint density at radius 3 is 2.55 bits per heavy atom.